The summed E-state index contributed by atoms with van der Waals surface area (Å²) in [6, 6.07) is 88.2. The van der Waals surface area contributed by atoms with Gasteiger partial charge in [-0.3, -0.25) is 0 Å². The molecule has 0 fully saturated rings. The summed E-state index contributed by atoms with van der Waals surface area (Å²) >= 11 is 17.0. The summed E-state index contributed by atoms with van der Waals surface area (Å²) in [7, 11) is 5.03. The Balaban J connectivity index is 0.000000540. The predicted octanol–water partition coefficient (Wildman–Crippen LogP) is 25.5. The van der Waals surface area contributed by atoms with Gasteiger partial charge in [-0.1, -0.05) is 227 Å². The van der Waals surface area contributed by atoms with Gasteiger partial charge in [0.15, 0.2) is 0 Å². The number of methoxy groups -OCH3 is 3. The molecule has 0 saturated heterocycles. The van der Waals surface area contributed by atoms with Crippen LogP contribution in [0.1, 0.15) is 66.8 Å². The highest BCUT2D eigenvalue weighted by molar-refractivity contribution is 6.31. The van der Waals surface area contributed by atoms with Crippen LogP contribution in [0.4, 0.5) is 13.2 Å². The van der Waals surface area contributed by atoms with Crippen molar-refractivity contribution < 1.29 is 42.7 Å². The van der Waals surface area contributed by atoms with E-state index in [0.717, 1.165) is 60.1 Å². The van der Waals surface area contributed by atoms with Gasteiger partial charge >= 0.3 is 0 Å². The highest BCUT2D eigenvalue weighted by atomic mass is 35.5. The van der Waals surface area contributed by atoms with Gasteiger partial charge in [0, 0.05) is 15.1 Å². The molecule has 0 aliphatic rings. The average Bonchev–Trinajstić information content (AvgIpc) is 2.90. The Hall–Kier alpha value is -9.90. The quantitative estimate of drug-likeness (QED) is 0.163. The van der Waals surface area contributed by atoms with Crippen LogP contribution in [0.2, 0.25) is 15.1 Å². The lowest BCUT2D eigenvalue weighted by Crippen LogP contribution is -1.84. The number of benzene rings is 12. The Labute approximate surface area is 603 Å². The number of hydrogen-bond donors (Lipinski definition) is 3. The van der Waals surface area contributed by atoms with Gasteiger partial charge in [0.05, 0.1) is 21.3 Å². The van der Waals surface area contributed by atoms with Gasteiger partial charge in [-0.25, -0.2) is 13.2 Å². The molecule has 12 rings (SSSR count). The van der Waals surface area contributed by atoms with Gasteiger partial charge in [-0.2, -0.15) is 0 Å². The molecule has 12 heteroatoms. The molecule has 0 aliphatic carbocycles. The summed E-state index contributed by atoms with van der Waals surface area (Å²) < 4.78 is 51.6. The topological polar surface area (TPSA) is 88.4 Å². The second-order valence-electron chi connectivity index (χ2n) is 22.2. The lowest BCUT2D eigenvalue weighted by molar-refractivity contribution is 0.411. The van der Waals surface area contributed by atoms with Crippen LogP contribution in [0.3, 0.4) is 0 Å². The van der Waals surface area contributed by atoms with Crippen molar-refractivity contribution in [1.82, 2.24) is 0 Å². The van der Waals surface area contributed by atoms with E-state index in [9.17, 15) is 13.2 Å². The van der Waals surface area contributed by atoms with E-state index in [1.54, 1.807) is 88.9 Å². The minimum Gasteiger partial charge on any atom is -0.508 e. The van der Waals surface area contributed by atoms with E-state index in [2.05, 4.69) is 6.92 Å². The number of aromatic hydroxyl groups is 3. The SMILES string of the molecule is COc1ccc(C)cc1.COc1cccc(C)c1.COc1ccccc1C.Cc1ccc(Cl)cc1.Cc1ccc(F)cc1.Cc1ccc(O)cc1.Cc1cccc(Cl)c1.Cc1cccc(F)c1.Cc1cccc(O)c1.Cc1ccccc1Cl.Cc1ccccc1F.Cc1ccccc1O. The summed E-state index contributed by atoms with van der Waals surface area (Å²) in [5.41, 5.74) is 13.2. The largest absolute Gasteiger partial charge is 0.508 e. The van der Waals surface area contributed by atoms with Gasteiger partial charge in [0.2, 0.25) is 0 Å². The molecule has 522 valence electrons. The number of aryl methyl sites for hydroxylation is 12. The summed E-state index contributed by atoms with van der Waals surface area (Å²) in [6.45, 7) is 23.5. The zero-order chi connectivity index (χ0) is 73.9. The van der Waals surface area contributed by atoms with Crippen molar-refractivity contribution in [2.45, 2.75) is 83.1 Å². The zero-order valence-corrected chi connectivity index (χ0v) is 61.8. The smallest absolute Gasteiger partial charge is 0.126 e. The third-order valence-electron chi connectivity index (χ3n) is 13.1. The normalized spacial score (nSPS) is 9.18. The van der Waals surface area contributed by atoms with Crippen LogP contribution in [-0.4, -0.2) is 36.6 Å². The third kappa shape index (κ3) is 45.3. The highest BCUT2D eigenvalue weighted by Crippen LogP contribution is 2.17. The van der Waals surface area contributed by atoms with E-state index in [1.807, 2.05) is 269 Å². The maximum Gasteiger partial charge on any atom is 0.126 e. The lowest BCUT2D eigenvalue weighted by Gasteiger charge is -2.00. The van der Waals surface area contributed by atoms with Crippen molar-refractivity contribution in [3.05, 3.63) is 390 Å². The van der Waals surface area contributed by atoms with Crippen LogP contribution in [0.5, 0.6) is 34.5 Å². The van der Waals surface area contributed by atoms with Crippen LogP contribution >= 0.6 is 34.8 Å². The molecule has 0 atom stereocenters. The summed E-state index contributed by atoms with van der Waals surface area (Å²) in [5.74, 6) is 3.37. The van der Waals surface area contributed by atoms with Crippen LogP contribution < -0.4 is 14.2 Å². The predicted molar refractivity (Wildman–Crippen MR) is 414 cm³/mol. The number of hydrogen-bond acceptors (Lipinski definition) is 6. The maximum absolute atomic E-state index is 12.3. The highest BCUT2D eigenvalue weighted by Gasteiger charge is 1.94. The first-order valence-electron chi connectivity index (χ1n) is 31.5. The van der Waals surface area contributed by atoms with Gasteiger partial charge < -0.3 is 29.5 Å². The lowest BCUT2D eigenvalue weighted by atomic mass is 10.2. The molecule has 99 heavy (non-hydrogen) atoms. The van der Waals surface area contributed by atoms with E-state index in [-0.39, 0.29) is 17.5 Å². The Morgan fingerprint density at radius 2 is 0.677 bits per heavy atom. The first-order chi connectivity index (χ1) is 47.1. The molecule has 6 nitrogen and oxygen atoms in total. The Bertz CT molecular complexity index is 3570. The summed E-state index contributed by atoms with van der Waals surface area (Å²) in [4.78, 5) is 0. The van der Waals surface area contributed by atoms with Crippen molar-refractivity contribution in [2.75, 3.05) is 21.3 Å². The molecule has 0 bridgehead atoms. The van der Waals surface area contributed by atoms with E-state index in [0.29, 0.717) is 22.8 Å². The number of rotatable bonds is 3. The minimum atomic E-state index is -0.171. The third-order valence-corrected chi connectivity index (χ3v) is 14.0. The van der Waals surface area contributed by atoms with Crippen LogP contribution in [0, 0.1) is 101 Å². The molecular formula is C87H96Cl3F3O6. The molecule has 12 aromatic carbocycles. The second kappa shape index (κ2) is 52.3. The second-order valence-corrected chi connectivity index (χ2v) is 23.4. The van der Waals surface area contributed by atoms with Crippen molar-refractivity contribution in [3.63, 3.8) is 0 Å². The van der Waals surface area contributed by atoms with Crippen LogP contribution in [-0.2, 0) is 0 Å². The minimum absolute atomic E-state index is 0.132. The number of phenolic OH excluding ortho intramolecular Hbond substituents is 3. The van der Waals surface area contributed by atoms with E-state index < -0.39 is 0 Å². The monoisotopic (exact) mass is 1400 g/mol. The fourth-order valence-corrected chi connectivity index (χ4v) is 7.82. The maximum atomic E-state index is 12.3. The van der Waals surface area contributed by atoms with E-state index >= 15 is 0 Å². The summed E-state index contributed by atoms with van der Waals surface area (Å²) in [5, 5.41) is 28.9. The van der Waals surface area contributed by atoms with Crippen LogP contribution in [0.25, 0.3) is 0 Å². The molecule has 12 aromatic rings. The molecule has 0 saturated carbocycles. The van der Waals surface area contributed by atoms with Crippen molar-refractivity contribution in [3.8, 4) is 34.5 Å². The van der Waals surface area contributed by atoms with E-state index in [4.69, 9.17) is 64.3 Å². The summed E-state index contributed by atoms with van der Waals surface area (Å²) in [6.07, 6.45) is 0. The van der Waals surface area contributed by atoms with Crippen molar-refractivity contribution in [1.29, 1.82) is 0 Å². The first-order valence-corrected chi connectivity index (χ1v) is 32.7. The molecule has 0 aromatic heterocycles. The first kappa shape index (κ1) is 87.1. The molecule has 0 unspecified atom stereocenters. The van der Waals surface area contributed by atoms with Crippen LogP contribution in [0.15, 0.2) is 291 Å². The van der Waals surface area contributed by atoms with Gasteiger partial charge in [-0.15, -0.1) is 0 Å². The molecule has 0 radical (unpaired) electrons. The molecule has 0 spiro atoms. The standard InChI is InChI=1S/3C8H10O.3C7H7Cl.3C7H7F.3C7H8O/c1-7-3-5-8(9-2)6-4-7;1-7-4-3-5-8(6-7)9-2;1-7-5-3-4-6-8(7)9-2;1-6-2-4-7(8)5-3-6;1-6-3-2-4-7(8)5-6;1-6-4-2-3-5-7(6)8;1-6-2-4-7(8)5-3-6;1-6-3-2-4-7(8)5-6;1-6-4-2-3-5-7(6)8;1-6-2-4-7(8)5-3-6;1-6-3-2-4-7(8)5-6;1-6-4-2-3-5-7(6)8/h3*3-6H,1-2H3;6*2-5H,1H3;3*2-5,8H,1H3. The van der Waals surface area contributed by atoms with Crippen molar-refractivity contribution >= 4 is 34.8 Å². The Kier molecular flexibility index (Phi) is 46.0. The van der Waals surface area contributed by atoms with E-state index in [1.165, 1.54) is 63.7 Å². The zero-order valence-electron chi connectivity index (χ0n) is 59.5. The fourth-order valence-electron chi connectivity index (χ4n) is 7.32. The molecule has 0 heterocycles. The fraction of sp³-hybridized carbons (Fsp3) is 0.172. The number of para-hydroxylation sites is 2. The molecular weight excluding hydrogens is 1300 g/mol. The molecule has 0 amide bonds. The van der Waals surface area contributed by atoms with Crippen molar-refractivity contribution in [2.24, 2.45) is 0 Å². The van der Waals surface area contributed by atoms with Gasteiger partial charge in [-0.05, 0) is 249 Å². The number of ether oxygens (including phenoxy) is 3. The molecule has 0 aliphatic heterocycles. The number of phenols is 3. The number of halogens is 6. The van der Waals surface area contributed by atoms with Gasteiger partial charge in [0.25, 0.3) is 0 Å². The molecule has 3 N–H and O–H groups in total. The Morgan fingerprint density at radius 1 is 0.263 bits per heavy atom. The van der Waals surface area contributed by atoms with Gasteiger partial charge in [0.1, 0.15) is 51.9 Å². The Morgan fingerprint density at radius 3 is 0.980 bits per heavy atom. The average molecular weight is 1400 g/mol.